The molecule has 0 saturated heterocycles. The van der Waals surface area contributed by atoms with E-state index in [1.165, 1.54) is 6.08 Å². The average molecular weight is 310 g/mol. The number of nitrogens with one attached hydrogen (secondary N) is 1. The monoisotopic (exact) mass is 310 g/mol. The maximum Gasteiger partial charge on any atom is 0.134 e. The molecule has 4 heteroatoms. The molecule has 1 aliphatic carbocycles. The van der Waals surface area contributed by atoms with E-state index >= 15 is 0 Å². The number of anilines is 2. The van der Waals surface area contributed by atoms with Gasteiger partial charge in [-0.3, -0.25) is 0 Å². The van der Waals surface area contributed by atoms with Gasteiger partial charge in [0.1, 0.15) is 23.2 Å². The fraction of sp³-hybridized carbons (Fsp3) is 0.211. The molecular formula is C19H19FN2O. The first-order valence-electron chi connectivity index (χ1n) is 7.57. The first kappa shape index (κ1) is 15.3. The van der Waals surface area contributed by atoms with Gasteiger partial charge in [0.25, 0.3) is 0 Å². The van der Waals surface area contributed by atoms with Gasteiger partial charge >= 0.3 is 0 Å². The summed E-state index contributed by atoms with van der Waals surface area (Å²) in [5, 5.41) is 3.20. The highest BCUT2D eigenvalue weighted by Gasteiger charge is 2.26. The van der Waals surface area contributed by atoms with E-state index in [-0.39, 0.29) is 5.83 Å². The zero-order valence-corrected chi connectivity index (χ0v) is 13.2. The summed E-state index contributed by atoms with van der Waals surface area (Å²) in [7, 11) is 0. The number of halogens is 1. The molecule has 0 aliphatic heterocycles. The number of hydrogen-bond donors (Lipinski definition) is 1. The van der Waals surface area contributed by atoms with Crippen molar-refractivity contribution in [2.75, 3.05) is 5.32 Å². The van der Waals surface area contributed by atoms with Crippen molar-refractivity contribution in [3.05, 3.63) is 72.4 Å². The fourth-order valence-corrected chi connectivity index (χ4v) is 2.25. The van der Waals surface area contributed by atoms with E-state index in [2.05, 4.69) is 10.3 Å². The van der Waals surface area contributed by atoms with Gasteiger partial charge in [-0.05, 0) is 30.7 Å². The summed E-state index contributed by atoms with van der Waals surface area (Å²) in [6.45, 7) is 3.75. The van der Waals surface area contributed by atoms with Gasteiger partial charge in [-0.2, -0.15) is 0 Å². The standard InChI is InChI=1S/C19H19FN2O/c1-19(2)10-8-15(12-17(19)20)23-16-9-11-21-18(13-16)22-14-6-4-3-5-7-14/h3-9,11-13H,10H2,1-2H3,(H,21,22). The lowest BCUT2D eigenvalue weighted by Gasteiger charge is -2.25. The number of aromatic nitrogens is 1. The number of benzene rings is 1. The smallest absolute Gasteiger partial charge is 0.134 e. The molecule has 1 aromatic heterocycles. The number of hydrogen-bond acceptors (Lipinski definition) is 3. The third-order valence-corrected chi connectivity index (χ3v) is 3.74. The third kappa shape index (κ3) is 3.77. The Hall–Kier alpha value is -2.62. The molecule has 3 nitrogen and oxygen atoms in total. The Labute approximate surface area is 135 Å². The summed E-state index contributed by atoms with van der Waals surface area (Å²) >= 11 is 0. The summed E-state index contributed by atoms with van der Waals surface area (Å²) < 4.78 is 19.8. The molecule has 1 aromatic carbocycles. The van der Waals surface area contributed by atoms with Crippen LogP contribution in [0.2, 0.25) is 0 Å². The van der Waals surface area contributed by atoms with Gasteiger partial charge in [-0.25, -0.2) is 9.37 Å². The van der Waals surface area contributed by atoms with E-state index in [0.717, 1.165) is 5.69 Å². The molecule has 0 unspecified atom stereocenters. The number of pyridine rings is 1. The first-order valence-corrected chi connectivity index (χ1v) is 7.57. The predicted octanol–water partition coefficient (Wildman–Crippen LogP) is 5.37. The van der Waals surface area contributed by atoms with Crippen molar-refractivity contribution in [1.82, 2.24) is 4.98 Å². The molecule has 3 rings (SSSR count). The van der Waals surface area contributed by atoms with Crippen molar-refractivity contribution < 1.29 is 9.13 Å². The van der Waals surface area contributed by atoms with E-state index in [0.29, 0.717) is 23.7 Å². The van der Waals surface area contributed by atoms with E-state index < -0.39 is 5.41 Å². The van der Waals surface area contributed by atoms with Crippen molar-refractivity contribution in [1.29, 1.82) is 0 Å². The van der Waals surface area contributed by atoms with Crippen LogP contribution in [0.4, 0.5) is 15.9 Å². The molecule has 0 fully saturated rings. The molecular weight excluding hydrogens is 291 g/mol. The quantitative estimate of drug-likeness (QED) is 0.824. The Balaban J connectivity index is 1.73. The second-order valence-corrected chi connectivity index (χ2v) is 6.16. The SMILES string of the molecule is CC1(C)CC=C(Oc2ccnc(Nc3ccccc3)c2)C=C1F. The lowest BCUT2D eigenvalue weighted by molar-refractivity contribution is 0.328. The maximum absolute atomic E-state index is 14.0. The molecule has 0 radical (unpaired) electrons. The van der Waals surface area contributed by atoms with E-state index in [9.17, 15) is 4.39 Å². The normalized spacial score (nSPS) is 16.3. The zero-order valence-electron chi connectivity index (χ0n) is 13.2. The van der Waals surface area contributed by atoms with Gasteiger partial charge in [-0.15, -0.1) is 0 Å². The van der Waals surface area contributed by atoms with Gasteiger partial charge in [0.05, 0.1) is 0 Å². The van der Waals surface area contributed by atoms with Crippen LogP contribution in [0.3, 0.4) is 0 Å². The number of para-hydroxylation sites is 1. The molecule has 2 aromatic rings. The van der Waals surface area contributed by atoms with Crippen molar-refractivity contribution in [2.45, 2.75) is 20.3 Å². The van der Waals surface area contributed by atoms with Gasteiger partial charge in [0, 0.05) is 29.4 Å². The minimum absolute atomic E-state index is 0.160. The van der Waals surface area contributed by atoms with Crippen LogP contribution in [0, 0.1) is 5.41 Å². The summed E-state index contributed by atoms with van der Waals surface area (Å²) in [5.41, 5.74) is 0.493. The van der Waals surface area contributed by atoms with Crippen LogP contribution >= 0.6 is 0 Å². The Morgan fingerprint density at radius 3 is 2.70 bits per heavy atom. The fourth-order valence-electron chi connectivity index (χ4n) is 2.25. The Bertz CT molecular complexity index is 751. The molecule has 0 atom stereocenters. The maximum atomic E-state index is 14.0. The summed E-state index contributed by atoms with van der Waals surface area (Å²) in [5.74, 6) is 1.66. The number of rotatable bonds is 4. The third-order valence-electron chi connectivity index (χ3n) is 3.74. The molecule has 118 valence electrons. The van der Waals surface area contributed by atoms with Crippen LogP contribution in [0.5, 0.6) is 5.75 Å². The molecule has 0 amide bonds. The Kier molecular flexibility index (Phi) is 4.15. The number of nitrogens with zero attached hydrogens (tertiary/aromatic N) is 1. The van der Waals surface area contributed by atoms with Crippen LogP contribution in [0.25, 0.3) is 0 Å². The van der Waals surface area contributed by atoms with Crippen molar-refractivity contribution in [3.63, 3.8) is 0 Å². The van der Waals surface area contributed by atoms with Gasteiger partial charge in [0.15, 0.2) is 0 Å². The van der Waals surface area contributed by atoms with E-state index in [4.69, 9.17) is 4.74 Å². The lowest BCUT2D eigenvalue weighted by atomic mass is 9.84. The molecule has 0 saturated carbocycles. The topological polar surface area (TPSA) is 34.1 Å². The molecule has 0 spiro atoms. The second kappa shape index (κ2) is 6.24. The molecule has 1 aliphatic rings. The predicted molar refractivity (Wildman–Crippen MR) is 90.3 cm³/mol. The Morgan fingerprint density at radius 2 is 1.96 bits per heavy atom. The lowest BCUT2D eigenvalue weighted by Crippen LogP contribution is -2.15. The van der Waals surface area contributed by atoms with Crippen LogP contribution in [-0.4, -0.2) is 4.98 Å². The second-order valence-electron chi connectivity index (χ2n) is 6.16. The van der Waals surface area contributed by atoms with E-state index in [1.54, 1.807) is 18.3 Å². The largest absolute Gasteiger partial charge is 0.457 e. The molecule has 23 heavy (non-hydrogen) atoms. The minimum Gasteiger partial charge on any atom is -0.457 e. The van der Waals surface area contributed by atoms with E-state index in [1.807, 2.05) is 50.3 Å². The number of ether oxygens (including phenoxy) is 1. The number of allylic oxidation sites excluding steroid dienone is 3. The van der Waals surface area contributed by atoms with Gasteiger partial charge in [-0.1, -0.05) is 32.0 Å². The van der Waals surface area contributed by atoms with Crippen molar-refractivity contribution in [2.24, 2.45) is 5.41 Å². The molecule has 1 heterocycles. The van der Waals surface area contributed by atoms with Crippen LogP contribution < -0.4 is 10.1 Å². The van der Waals surface area contributed by atoms with Gasteiger partial charge < -0.3 is 10.1 Å². The summed E-state index contributed by atoms with van der Waals surface area (Å²) in [4.78, 5) is 4.27. The summed E-state index contributed by atoms with van der Waals surface area (Å²) in [6, 6.07) is 13.3. The highest BCUT2D eigenvalue weighted by atomic mass is 19.1. The first-order chi connectivity index (χ1) is 11.0. The Morgan fingerprint density at radius 1 is 1.17 bits per heavy atom. The van der Waals surface area contributed by atoms with Crippen molar-refractivity contribution >= 4 is 11.5 Å². The van der Waals surface area contributed by atoms with Gasteiger partial charge in [0.2, 0.25) is 0 Å². The highest BCUT2D eigenvalue weighted by Crippen LogP contribution is 2.37. The average Bonchev–Trinajstić information content (AvgIpc) is 2.53. The zero-order chi connectivity index (χ0) is 16.3. The molecule has 1 N–H and O–H groups in total. The highest BCUT2D eigenvalue weighted by molar-refractivity contribution is 5.57. The van der Waals surface area contributed by atoms with Crippen LogP contribution in [0.1, 0.15) is 20.3 Å². The van der Waals surface area contributed by atoms with Crippen LogP contribution in [-0.2, 0) is 0 Å². The molecule has 0 bridgehead atoms. The van der Waals surface area contributed by atoms with Crippen molar-refractivity contribution in [3.8, 4) is 5.75 Å². The minimum atomic E-state index is -0.453. The summed E-state index contributed by atoms with van der Waals surface area (Å²) in [6.07, 6.45) is 5.64. The van der Waals surface area contributed by atoms with Crippen LogP contribution in [0.15, 0.2) is 72.4 Å².